The van der Waals surface area contributed by atoms with Gasteiger partial charge in [-0.25, -0.2) is 8.42 Å². The molecule has 0 unspecified atom stereocenters. The molecule has 2 saturated heterocycles. The van der Waals surface area contributed by atoms with Crippen molar-refractivity contribution in [2.75, 3.05) is 37.7 Å². The Morgan fingerprint density at radius 2 is 1.92 bits per heavy atom. The summed E-state index contributed by atoms with van der Waals surface area (Å²) in [5, 5.41) is 11.6. The van der Waals surface area contributed by atoms with Crippen LogP contribution < -0.4 is 4.90 Å². The minimum atomic E-state index is -3.75. The Labute approximate surface area is 147 Å². The second kappa shape index (κ2) is 7.27. The number of anilines is 1. The minimum Gasteiger partial charge on any atom is -0.379 e. The molecule has 8 nitrogen and oxygen atoms in total. The summed E-state index contributed by atoms with van der Waals surface area (Å²) in [6.07, 6.45) is 3.06. The lowest BCUT2D eigenvalue weighted by molar-refractivity contribution is -0.384. The maximum atomic E-state index is 12.7. The minimum absolute atomic E-state index is 0.0329. The van der Waals surface area contributed by atoms with Crippen LogP contribution in [0.4, 0.5) is 11.4 Å². The van der Waals surface area contributed by atoms with Crippen LogP contribution in [0.5, 0.6) is 0 Å². The Kier molecular flexibility index (Phi) is 5.26. The van der Waals surface area contributed by atoms with Gasteiger partial charge in [-0.3, -0.25) is 10.1 Å². The van der Waals surface area contributed by atoms with E-state index in [0.717, 1.165) is 25.8 Å². The normalized spacial score (nSPS) is 22.8. The van der Waals surface area contributed by atoms with Gasteiger partial charge in [-0.05, 0) is 38.3 Å². The van der Waals surface area contributed by atoms with Crippen molar-refractivity contribution in [1.82, 2.24) is 4.31 Å². The smallest absolute Gasteiger partial charge is 0.293 e. The molecule has 0 N–H and O–H groups in total. The van der Waals surface area contributed by atoms with Crippen LogP contribution in [0.1, 0.15) is 26.2 Å². The maximum Gasteiger partial charge on any atom is 0.293 e. The van der Waals surface area contributed by atoms with Crippen molar-refractivity contribution in [2.24, 2.45) is 0 Å². The highest BCUT2D eigenvalue weighted by Crippen LogP contribution is 2.35. The first kappa shape index (κ1) is 18.1. The first-order valence-corrected chi connectivity index (χ1v) is 9.98. The summed E-state index contributed by atoms with van der Waals surface area (Å²) in [7, 11) is -3.75. The van der Waals surface area contributed by atoms with Crippen LogP contribution >= 0.6 is 0 Å². The fourth-order valence-corrected chi connectivity index (χ4v) is 4.87. The zero-order chi connectivity index (χ0) is 18.0. The van der Waals surface area contributed by atoms with Crippen LogP contribution in [0.15, 0.2) is 23.1 Å². The van der Waals surface area contributed by atoms with Crippen LogP contribution in [-0.4, -0.2) is 56.5 Å². The van der Waals surface area contributed by atoms with Gasteiger partial charge in [0.1, 0.15) is 5.69 Å². The maximum absolute atomic E-state index is 12.7. The molecule has 9 heteroatoms. The molecule has 1 aromatic rings. The molecule has 2 heterocycles. The summed E-state index contributed by atoms with van der Waals surface area (Å²) in [5.74, 6) is 0. The largest absolute Gasteiger partial charge is 0.379 e. The van der Waals surface area contributed by atoms with Crippen LogP contribution in [0.25, 0.3) is 0 Å². The molecule has 1 atom stereocenters. The van der Waals surface area contributed by atoms with Gasteiger partial charge in [0.15, 0.2) is 0 Å². The summed E-state index contributed by atoms with van der Waals surface area (Å²) in [5.41, 5.74) is 0.348. The molecule has 0 bridgehead atoms. The third kappa shape index (κ3) is 3.63. The fourth-order valence-electron chi connectivity index (χ4n) is 3.44. The molecule has 2 aliphatic rings. The highest BCUT2D eigenvalue weighted by Gasteiger charge is 2.31. The van der Waals surface area contributed by atoms with Gasteiger partial charge in [-0.1, -0.05) is 0 Å². The molecule has 1 aromatic carbocycles. The van der Waals surface area contributed by atoms with Crippen molar-refractivity contribution in [3.63, 3.8) is 0 Å². The van der Waals surface area contributed by atoms with Gasteiger partial charge in [0, 0.05) is 31.7 Å². The summed E-state index contributed by atoms with van der Waals surface area (Å²) in [4.78, 5) is 13.1. The van der Waals surface area contributed by atoms with Gasteiger partial charge in [-0.15, -0.1) is 0 Å². The number of rotatable bonds is 4. The Morgan fingerprint density at radius 1 is 1.20 bits per heavy atom. The lowest BCUT2D eigenvalue weighted by Gasteiger charge is -2.35. The standard InChI is InChI=1S/C16H23N3O5S/c1-13-4-2-3-7-18(13)15-6-5-14(12-16(15)19(20)21)25(22,23)17-8-10-24-11-9-17/h5-6,12-13H,2-4,7-11H2,1H3/t13-/m1/s1. The highest BCUT2D eigenvalue weighted by atomic mass is 32.2. The average Bonchev–Trinajstić information content (AvgIpc) is 2.62. The number of hydrogen-bond donors (Lipinski definition) is 0. The average molecular weight is 369 g/mol. The van der Waals surface area contributed by atoms with Crippen molar-refractivity contribution in [1.29, 1.82) is 0 Å². The van der Waals surface area contributed by atoms with Gasteiger partial charge < -0.3 is 9.64 Å². The van der Waals surface area contributed by atoms with E-state index in [1.165, 1.54) is 16.4 Å². The first-order valence-electron chi connectivity index (χ1n) is 8.54. The van der Waals surface area contributed by atoms with E-state index in [2.05, 4.69) is 0 Å². The molecule has 0 amide bonds. The van der Waals surface area contributed by atoms with E-state index in [-0.39, 0.29) is 29.7 Å². The van der Waals surface area contributed by atoms with Crippen molar-refractivity contribution >= 4 is 21.4 Å². The lowest BCUT2D eigenvalue weighted by atomic mass is 10.0. The zero-order valence-corrected chi connectivity index (χ0v) is 15.1. The van der Waals surface area contributed by atoms with Gasteiger partial charge in [-0.2, -0.15) is 4.31 Å². The third-order valence-electron chi connectivity index (χ3n) is 4.86. The van der Waals surface area contributed by atoms with Crippen LogP contribution in [0.3, 0.4) is 0 Å². The molecular weight excluding hydrogens is 346 g/mol. The Balaban J connectivity index is 1.97. The molecule has 138 valence electrons. The summed E-state index contributed by atoms with van der Waals surface area (Å²) in [6, 6.07) is 4.46. The number of sulfonamides is 1. The Bertz CT molecular complexity index is 746. The fraction of sp³-hybridized carbons (Fsp3) is 0.625. The van der Waals surface area contributed by atoms with Gasteiger partial charge in [0.25, 0.3) is 5.69 Å². The quantitative estimate of drug-likeness (QED) is 0.595. The molecule has 25 heavy (non-hydrogen) atoms. The monoisotopic (exact) mass is 369 g/mol. The number of nitro groups is 1. The number of nitrogens with zero attached hydrogens (tertiary/aromatic N) is 3. The zero-order valence-electron chi connectivity index (χ0n) is 14.3. The van der Waals surface area contributed by atoms with E-state index in [1.807, 2.05) is 11.8 Å². The number of benzene rings is 1. The van der Waals surface area contributed by atoms with Crippen molar-refractivity contribution in [3.8, 4) is 0 Å². The van der Waals surface area contributed by atoms with E-state index in [0.29, 0.717) is 18.9 Å². The van der Waals surface area contributed by atoms with E-state index in [4.69, 9.17) is 4.74 Å². The highest BCUT2D eigenvalue weighted by molar-refractivity contribution is 7.89. The summed E-state index contributed by atoms with van der Waals surface area (Å²) >= 11 is 0. The molecular formula is C16H23N3O5S. The molecule has 2 aliphatic heterocycles. The number of ether oxygens (including phenoxy) is 1. The molecule has 2 fully saturated rings. The van der Waals surface area contributed by atoms with Gasteiger partial charge >= 0.3 is 0 Å². The molecule has 0 spiro atoms. The summed E-state index contributed by atoms with van der Waals surface area (Å²) < 4.78 is 32.0. The molecule has 0 aromatic heterocycles. The van der Waals surface area contributed by atoms with E-state index in [1.54, 1.807) is 6.07 Å². The molecule has 0 aliphatic carbocycles. The molecule has 0 saturated carbocycles. The summed E-state index contributed by atoms with van der Waals surface area (Å²) in [6.45, 7) is 4.00. The second-order valence-electron chi connectivity index (χ2n) is 6.46. The third-order valence-corrected chi connectivity index (χ3v) is 6.76. The predicted octanol–water partition coefficient (Wildman–Crippen LogP) is 1.99. The van der Waals surface area contributed by atoms with Crippen LogP contribution in [0, 0.1) is 10.1 Å². The van der Waals surface area contributed by atoms with E-state index >= 15 is 0 Å². The second-order valence-corrected chi connectivity index (χ2v) is 8.40. The predicted molar refractivity (Wildman–Crippen MR) is 93.3 cm³/mol. The van der Waals surface area contributed by atoms with Gasteiger partial charge in [0.05, 0.1) is 23.0 Å². The van der Waals surface area contributed by atoms with E-state index in [9.17, 15) is 18.5 Å². The lowest BCUT2D eigenvalue weighted by Crippen LogP contribution is -2.40. The molecule has 0 radical (unpaired) electrons. The Hall–Kier alpha value is -1.71. The Morgan fingerprint density at radius 3 is 2.56 bits per heavy atom. The van der Waals surface area contributed by atoms with Crippen LogP contribution in [0.2, 0.25) is 0 Å². The first-order chi connectivity index (χ1) is 11.9. The van der Waals surface area contributed by atoms with Crippen molar-refractivity contribution in [3.05, 3.63) is 28.3 Å². The van der Waals surface area contributed by atoms with Crippen molar-refractivity contribution in [2.45, 2.75) is 37.1 Å². The molecule has 3 rings (SSSR count). The SMILES string of the molecule is C[C@@H]1CCCCN1c1ccc(S(=O)(=O)N2CCOCC2)cc1[N+](=O)[O-]. The van der Waals surface area contributed by atoms with Gasteiger partial charge in [0.2, 0.25) is 10.0 Å². The van der Waals surface area contributed by atoms with Crippen LogP contribution in [-0.2, 0) is 14.8 Å². The van der Waals surface area contributed by atoms with E-state index < -0.39 is 14.9 Å². The van der Waals surface area contributed by atoms with Crippen molar-refractivity contribution < 1.29 is 18.1 Å². The number of piperidine rings is 1. The number of nitro benzene ring substituents is 1. The number of hydrogen-bond acceptors (Lipinski definition) is 6. The number of morpholine rings is 1. The topological polar surface area (TPSA) is 93.0 Å².